The van der Waals surface area contributed by atoms with Crippen LogP contribution in [0.2, 0.25) is 0 Å². The molecule has 5 heteroatoms. The van der Waals surface area contributed by atoms with Gasteiger partial charge in [-0.05, 0) is 75.2 Å². The lowest BCUT2D eigenvalue weighted by atomic mass is 9.79. The van der Waals surface area contributed by atoms with E-state index in [0.29, 0.717) is 23.5 Å². The summed E-state index contributed by atoms with van der Waals surface area (Å²) in [6.45, 7) is 4.48. The van der Waals surface area contributed by atoms with Gasteiger partial charge < -0.3 is 14.8 Å². The Balaban J connectivity index is 1.48. The summed E-state index contributed by atoms with van der Waals surface area (Å²) in [5.41, 5.74) is 0.836. The van der Waals surface area contributed by atoms with Gasteiger partial charge in [0.25, 0.3) is 5.91 Å². The number of nitrogens with one attached hydrogen (secondary N) is 1. The van der Waals surface area contributed by atoms with E-state index in [1.54, 1.807) is 36.4 Å². The van der Waals surface area contributed by atoms with Crippen LogP contribution < -0.4 is 5.32 Å². The molecule has 126 valence electrons. The second kappa shape index (κ2) is 5.98. The molecule has 5 nitrogen and oxygen atoms in total. The molecule has 24 heavy (non-hydrogen) atoms. The van der Waals surface area contributed by atoms with Crippen molar-refractivity contribution in [2.75, 3.05) is 13.1 Å². The minimum absolute atomic E-state index is 0.148. The molecule has 1 aromatic heterocycles. The van der Waals surface area contributed by atoms with Crippen molar-refractivity contribution in [2.24, 2.45) is 5.92 Å². The molecule has 0 saturated carbocycles. The molecule has 4 heterocycles. The van der Waals surface area contributed by atoms with Gasteiger partial charge in [0.15, 0.2) is 5.76 Å². The first-order valence-corrected chi connectivity index (χ1v) is 8.56. The number of phenolic OH excluding ortho intramolecular Hbond substituents is 1. The largest absolute Gasteiger partial charge is 0.508 e. The van der Waals surface area contributed by atoms with Crippen LogP contribution >= 0.6 is 0 Å². The van der Waals surface area contributed by atoms with Gasteiger partial charge in [-0.2, -0.15) is 0 Å². The van der Waals surface area contributed by atoms with E-state index < -0.39 is 0 Å². The lowest BCUT2D eigenvalue weighted by Crippen LogP contribution is -2.62. The van der Waals surface area contributed by atoms with E-state index in [-0.39, 0.29) is 17.7 Å². The fourth-order valence-electron chi connectivity index (χ4n) is 4.01. The fourth-order valence-corrected chi connectivity index (χ4v) is 4.01. The third-order valence-electron chi connectivity index (χ3n) is 5.46. The normalized spacial score (nSPS) is 28.7. The number of phenols is 1. The third kappa shape index (κ3) is 2.69. The number of furan rings is 1. The van der Waals surface area contributed by atoms with Gasteiger partial charge in [0.1, 0.15) is 11.5 Å². The average Bonchev–Trinajstić information content (AvgIpc) is 3.09. The molecule has 0 spiro atoms. The van der Waals surface area contributed by atoms with Gasteiger partial charge in [-0.1, -0.05) is 0 Å². The van der Waals surface area contributed by atoms with Crippen molar-refractivity contribution in [2.45, 2.75) is 31.8 Å². The molecule has 3 aliphatic rings. The Labute approximate surface area is 141 Å². The number of carbonyl (C=O) groups excluding carboxylic acids is 1. The Morgan fingerprint density at radius 3 is 2.54 bits per heavy atom. The number of fused-ring (bicyclic) bond motifs is 3. The van der Waals surface area contributed by atoms with Crippen LogP contribution in [0.25, 0.3) is 11.3 Å². The number of nitrogens with zero attached hydrogens (tertiary/aromatic N) is 1. The topological polar surface area (TPSA) is 65.7 Å². The number of aromatic hydroxyl groups is 1. The van der Waals surface area contributed by atoms with Crippen molar-refractivity contribution in [1.82, 2.24) is 10.2 Å². The number of carbonyl (C=O) groups is 1. The lowest BCUT2D eigenvalue weighted by Gasteiger charge is -2.49. The van der Waals surface area contributed by atoms with Gasteiger partial charge in [-0.3, -0.25) is 9.69 Å². The molecule has 1 amide bonds. The van der Waals surface area contributed by atoms with Crippen molar-refractivity contribution in [3.63, 3.8) is 0 Å². The fraction of sp³-hybridized carbons (Fsp3) is 0.421. The van der Waals surface area contributed by atoms with Crippen LogP contribution in [0.1, 0.15) is 30.3 Å². The van der Waals surface area contributed by atoms with Gasteiger partial charge in [0.05, 0.1) is 0 Å². The summed E-state index contributed by atoms with van der Waals surface area (Å²) in [7, 11) is 0. The highest BCUT2D eigenvalue weighted by Crippen LogP contribution is 2.32. The van der Waals surface area contributed by atoms with Crippen LogP contribution in [-0.2, 0) is 0 Å². The molecule has 3 saturated heterocycles. The van der Waals surface area contributed by atoms with Crippen molar-refractivity contribution in [3.8, 4) is 17.1 Å². The standard InChI is InChI=1S/C19H22N2O3/c1-12-18(14-8-10-21(12)11-9-14)20-19(23)17-7-6-16(24-17)13-2-4-15(22)5-3-13/h2-7,12,14,18,22H,8-11H2,1H3,(H,20,23). The molecule has 0 radical (unpaired) electrons. The summed E-state index contributed by atoms with van der Waals surface area (Å²) in [6.07, 6.45) is 2.32. The van der Waals surface area contributed by atoms with Crippen LogP contribution in [0.4, 0.5) is 0 Å². The quantitative estimate of drug-likeness (QED) is 0.910. The molecule has 2 unspecified atom stereocenters. The number of hydrogen-bond acceptors (Lipinski definition) is 4. The highest BCUT2D eigenvalue weighted by atomic mass is 16.4. The van der Waals surface area contributed by atoms with Crippen LogP contribution in [-0.4, -0.2) is 41.1 Å². The monoisotopic (exact) mass is 326 g/mol. The zero-order chi connectivity index (χ0) is 16.7. The Hall–Kier alpha value is -2.27. The predicted octanol–water partition coefficient (Wildman–Crippen LogP) is 2.86. The van der Waals surface area contributed by atoms with Gasteiger partial charge in [-0.25, -0.2) is 0 Å². The maximum Gasteiger partial charge on any atom is 0.287 e. The summed E-state index contributed by atoms with van der Waals surface area (Å²) >= 11 is 0. The molecule has 3 aliphatic heterocycles. The van der Waals surface area contributed by atoms with Crippen LogP contribution in [0, 0.1) is 5.92 Å². The Kier molecular flexibility index (Phi) is 3.81. The highest BCUT2D eigenvalue weighted by Gasteiger charge is 2.40. The van der Waals surface area contributed by atoms with E-state index in [1.165, 1.54) is 0 Å². The zero-order valence-electron chi connectivity index (χ0n) is 13.7. The van der Waals surface area contributed by atoms with E-state index in [9.17, 15) is 9.90 Å². The molecule has 0 aliphatic carbocycles. The van der Waals surface area contributed by atoms with E-state index in [4.69, 9.17) is 4.42 Å². The van der Waals surface area contributed by atoms with E-state index in [2.05, 4.69) is 17.1 Å². The molecule has 2 aromatic rings. The maximum atomic E-state index is 12.6. The first-order chi connectivity index (χ1) is 11.6. The van der Waals surface area contributed by atoms with E-state index in [0.717, 1.165) is 31.5 Å². The second-order valence-corrected chi connectivity index (χ2v) is 6.82. The second-order valence-electron chi connectivity index (χ2n) is 6.82. The SMILES string of the molecule is CC1C(NC(=O)c2ccc(-c3ccc(O)cc3)o2)C2CCN1CC2. The van der Waals surface area contributed by atoms with Crippen molar-refractivity contribution >= 4 is 5.91 Å². The summed E-state index contributed by atoms with van der Waals surface area (Å²) in [6, 6.07) is 10.8. The van der Waals surface area contributed by atoms with Crippen LogP contribution in [0.5, 0.6) is 5.75 Å². The van der Waals surface area contributed by atoms with Crippen molar-refractivity contribution in [3.05, 3.63) is 42.2 Å². The Morgan fingerprint density at radius 1 is 1.17 bits per heavy atom. The number of piperidine rings is 3. The van der Waals surface area contributed by atoms with Crippen LogP contribution in [0.3, 0.4) is 0 Å². The molecule has 2 atom stereocenters. The molecular formula is C19H22N2O3. The van der Waals surface area contributed by atoms with E-state index in [1.807, 2.05) is 0 Å². The summed E-state index contributed by atoms with van der Waals surface area (Å²) in [5, 5.41) is 12.5. The number of rotatable bonds is 3. The number of benzene rings is 1. The molecule has 2 N–H and O–H groups in total. The summed E-state index contributed by atoms with van der Waals surface area (Å²) in [4.78, 5) is 15.0. The molecule has 5 rings (SSSR count). The van der Waals surface area contributed by atoms with Crippen molar-refractivity contribution < 1.29 is 14.3 Å². The molecule has 2 bridgehead atoms. The first-order valence-electron chi connectivity index (χ1n) is 8.56. The molecule has 3 fully saturated rings. The van der Waals surface area contributed by atoms with Crippen LogP contribution in [0.15, 0.2) is 40.8 Å². The zero-order valence-corrected chi connectivity index (χ0v) is 13.7. The summed E-state index contributed by atoms with van der Waals surface area (Å²) in [5.74, 6) is 1.59. The van der Waals surface area contributed by atoms with Gasteiger partial charge in [0, 0.05) is 17.6 Å². The van der Waals surface area contributed by atoms with Gasteiger partial charge in [-0.15, -0.1) is 0 Å². The number of hydrogen-bond donors (Lipinski definition) is 2. The first kappa shape index (κ1) is 15.3. The minimum atomic E-state index is -0.148. The number of amides is 1. The van der Waals surface area contributed by atoms with Gasteiger partial charge >= 0.3 is 0 Å². The van der Waals surface area contributed by atoms with Crippen molar-refractivity contribution in [1.29, 1.82) is 0 Å². The smallest absolute Gasteiger partial charge is 0.287 e. The van der Waals surface area contributed by atoms with E-state index >= 15 is 0 Å². The molecular weight excluding hydrogens is 304 g/mol. The predicted molar refractivity (Wildman–Crippen MR) is 90.8 cm³/mol. The Morgan fingerprint density at radius 2 is 1.88 bits per heavy atom. The lowest BCUT2D eigenvalue weighted by molar-refractivity contribution is 0.0211. The minimum Gasteiger partial charge on any atom is -0.508 e. The summed E-state index contributed by atoms with van der Waals surface area (Å²) < 4.78 is 5.72. The highest BCUT2D eigenvalue weighted by molar-refractivity contribution is 5.92. The third-order valence-corrected chi connectivity index (χ3v) is 5.46. The Bertz CT molecular complexity index is 727. The average molecular weight is 326 g/mol. The maximum absolute atomic E-state index is 12.6. The van der Waals surface area contributed by atoms with Gasteiger partial charge in [0.2, 0.25) is 0 Å². The molecule has 1 aromatic carbocycles.